The largest absolute Gasteiger partial charge is 0.495 e. The van der Waals surface area contributed by atoms with Gasteiger partial charge in [0.2, 0.25) is 5.75 Å². The third-order valence-corrected chi connectivity index (χ3v) is 4.64. The Kier molecular flexibility index (Phi) is 9.46. The van der Waals surface area contributed by atoms with E-state index in [0.29, 0.717) is 53.5 Å². The lowest BCUT2D eigenvalue weighted by atomic mass is 10.2. The summed E-state index contributed by atoms with van der Waals surface area (Å²) < 4.78 is 27.2. The summed E-state index contributed by atoms with van der Waals surface area (Å²) in [6, 6.07) is 6.28. The molecule has 0 saturated carbocycles. The first kappa shape index (κ1) is 25.1. The predicted molar refractivity (Wildman–Crippen MR) is 122 cm³/mol. The minimum atomic E-state index is -0.704. The van der Waals surface area contributed by atoms with Gasteiger partial charge in [-0.3, -0.25) is 4.79 Å². The number of hydrogen-bond acceptors (Lipinski definition) is 7. The van der Waals surface area contributed by atoms with Crippen molar-refractivity contribution in [3.05, 3.63) is 40.4 Å². The lowest BCUT2D eigenvalue weighted by Crippen LogP contribution is -2.21. The van der Waals surface area contributed by atoms with Gasteiger partial charge in [0.1, 0.15) is 5.75 Å². The molecule has 8 nitrogen and oxygen atoms in total. The molecule has 0 heterocycles. The van der Waals surface area contributed by atoms with Crippen LogP contribution in [0.5, 0.6) is 23.0 Å². The van der Waals surface area contributed by atoms with Gasteiger partial charge in [-0.2, -0.15) is 0 Å². The maximum absolute atomic E-state index is 12.6. The Balaban J connectivity index is 2.15. The fourth-order valence-electron chi connectivity index (χ4n) is 2.84. The second-order valence-corrected chi connectivity index (χ2v) is 6.93. The van der Waals surface area contributed by atoms with Crippen molar-refractivity contribution in [2.45, 2.75) is 27.7 Å². The summed E-state index contributed by atoms with van der Waals surface area (Å²) in [5.41, 5.74) is 1.36. The van der Waals surface area contributed by atoms with E-state index in [1.165, 1.54) is 19.2 Å². The molecular formula is C23H28ClNO7. The fraction of sp³-hybridized carbons (Fsp3) is 0.391. The number of hydrogen-bond donors (Lipinski definition) is 1. The average molecular weight is 466 g/mol. The van der Waals surface area contributed by atoms with Crippen molar-refractivity contribution in [1.29, 1.82) is 0 Å². The van der Waals surface area contributed by atoms with Crippen molar-refractivity contribution in [1.82, 2.24) is 0 Å². The monoisotopic (exact) mass is 465 g/mol. The normalized spacial score (nSPS) is 10.3. The number of esters is 1. The predicted octanol–water partition coefficient (Wildman–Crippen LogP) is 4.65. The topological polar surface area (TPSA) is 92.3 Å². The Hall–Kier alpha value is -3.13. The first-order chi connectivity index (χ1) is 15.3. The van der Waals surface area contributed by atoms with E-state index in [9.17, 15) is 9.59 Å². The number of halogens is 1. The molecule has 0 unspecified atom stereocenters. The number of nitrogens with one attached hydrogen (secondary N) is 1. The minimum absolute atomic E-state index is 0.174. The van der Waals surface area contributed by atoms with Gasteiger partial charge in [0, 0.05) is 11.1 Å². The van der Waals surface area contributed by atoms with Gasteiger partial charge in [-0.1, -0.05) is 11.6 Å². The van der Waals surface area contributed by atoms with Crippen molar-refractivity contribution in [2.24, 2.45) is 0 Å². The quantitative estimate of drug-likeness (QED) is 0.483. The molecule has 0 aliphatic rings. The third kappa shape index (κ3) is 6.43. The van der Waals surface area contributed by atoms with Crippen LogP contribution in [-0.4, -0.2) is 45.4 Å². The van der Waals surface area contributed by atoms with Crippen molar-refractivity contribution >= 4 is 29.2 Å². The van der Waals surface area contributed by atoms with E-state index >= 15 is 0 Å². The molecular weight excluding hydrogens is 438 g/mol. The second kappa shape index (κ2) is 12.0. The van der Waals surface area contributed by atoms with Crippen molar-refractivity contribution in [3.8, 4) is 23.0 Å². The fourth-order valence-corrected chi connectivity index (χ4v) is 2.99. The smallest absolute Gasteiger partial charge is 0.338 e. The molecule has 1 N–H and O–H groups in total. The van der Waals surface area contributed by atoms with Crippen LogP contribution in [0.1, 0.15) is 36.7 Å². The van der Waals surface area contributed by atoms with Gasteiger partial charge < -0.3 is 29.0 Å². The highest BCUT2D eigenvalue weighted by Gasteiger charge is 2.20. The van der Waals surface area contributed by atoms with Gasteiger partial charge >= 0.3 is 5.97 Å². The highest BCUT2D eigenvalue weighted by molar-refractivity contribution is 6.31. The maximum atomic E-state index is 12.6. The number of methoxy groups -OCH3 is 1. The Labute approximate surface area is 192 Å². The van der Waals surface area contributed by atoms with Crippen molar-refractivity contribution in [2.75, 3.05) is 38.9 Å². The molecule has 0 atom stereocenters. The van der Waals surface area contributed by atoms with Gasteiger partial charge in [-0.15, -0.1) is 0 Å². The molecule has 0 saturated heterocycles. The summed E-state index contributed by atoms with van der Waals surface area (Å²) in [6.07, 6.45) is 0. The summed E-state index contributed by atoms with van der Waals surface area (Å²) in [4.78, 5) is 25.0. The zero-order chi connectivity index (χ0) is 23.7. The Morgan fingerprint density at radius 2 is 1.50 bits per heavy atom. The van der Waals surface area contributed by atoms with Gasteiger partial charge in [0.25, 0.3) is 5.91 Å². The first-order valence-corrected chi connectivity index (χ1v) is 10.6. The maximum Gasteiger partial charge on any atom is 0.338 e. The van der Waals surface area contributed by atoms with E-state index in [1.807, 2.05) is 20.8 Å². The SMILES string of the molecule is CCOc1cc(C(=O)OCC(=O)Nc2cc(C)c(Cl)cc2OC)cc(OCC)c1OCC. The number of ether oxygens (including phenoxy) is 5. The summed E-state index contributed by atoms with van der Waals surface area (Å²) >= 11 is 6.08. The number of amides is 1. The lowest BCUT2D eigenvalue weighted by molar-refractivity contribution is -0.119. The van der Waals surface area contributed by atoms with Crippen LogP contribution in [0.3, 0.4) is 0 Å². The van der Waals surface area contributed by atoms with Crippen LogP contribution >= 0.6 is 11.6 Å². The summed E-state index contributed by atoms with van der Waals surface area (Å²) in [5, 5.41) is 3.17. The molecule has 0 spiro atoms. The van der Waals surface area contributed by atoms with Crippen LogP contribution in [0.15, 0.2) is 24.3 Å². The minimum Gasteiger partial charge on any atom is -0.495 e. The molecule has 0 fully saturated rings. The highest BCUT2D eigenvalue weighted by Crippen LogP contribution is 2.39. The van der Waals surface area contributed by atoms with E-state index in [2.05, 4.69) is 5.32 Å². The Bertz CT molecular complexity index is 935. The molecule has 0 aromatic heterocycles. The third-order valence-electron chi connectivity index (χ3n) is 4.23. The Morgan fingerprint density at radius 1 is 0.906 bits per heavy atom. The number of carbonyl (C=O) groups is 2. The van der Waals surface area contributed by atoms with E-state index in [-0.39, 0.29) is 5.56 Å². The summed E-state index contributed by atoms with van der Waals surface area (Å²) in [6.45, 7) is 7.92. The van der Waals surface area contributed by atoms with E-state index in [1.54, 1.807) is 19.1 Å². The summed E-state index contributed by atoms with van der Waals surface area (Å²) in [5.74, 6) is 0.296. The lowest BCUT2D eigenvalue weighted by Gasteiger charge is -2.17. The Morgan fingerprint density at radius 3 is 2.03 bits per heavy atom. The van der Waals surface area contributed by atoms with Crippen LogP contribution in [0.4, 0.5) is 5.69 Å². The van der Waals surface area contributed by atoms with Crippen LogP contribution in [0.2, 0.25) is 5.02 Å². The molecule has 0 radical (unpaired) electrons. The van der Waals surface area contributed by atoms with E-state index in [0.717, 1.165) is 5.56 Å². The molecule has 174 valence electrons. The molecule has 9 heteroatoms. The molecule has 0 aliphatic heterocycles. The second-order valence-electron chi connectivity index (χ2n) is 6.53. The van der Waals surface area contributed by atoms with E-state index in [4.69, 9.17) is 35.3 Å². The van der Waals surface area contributed by atoms with E-state index < -0.39 is 18.5 Å². The molecule has 1 amide bonds. The van der Waals surface area contributed by atoms with Gasteiger partial charge in [-0.25, -0.2) is 4.79 Å². The van der Waals surface area contributed by atoms with Crippen LogP contribution in [-0.2, 0) is 9.53 Å². The number of rotatable bonds is 11. The molecule has 2 aromatic rings. The zero-order valence-electron chi connectivity index (χ0n) is 18.9. The highest BCUT2D eigenvalue weighted by atomic mass is 35.5. The standard InChI is InChI=1S/C23H28ClNO7/c1-6-29-19-10-15(11-20(30-7-2)22(19)31-8-3)23(27)32-13-21(26)25-17-9-14(4)16(24)12-18(17)28-5/h9-12H,6-8,13H2,1-5H3,(H,25,26). The number of aryl methyl sites for hydroxylation is 1. The summed E-state index contributed by atoms with van der Waals surface area (Å²) in [7, 11) is 1.47. The first-order valence-electron chi connectivity index (χ1n) is 10.2. The molecule has 2 rings (SSSR count). The zero-order valence-corrected chi connectivity index (χ0v) is 19.6. The van der Waals surface area contributed by atoms with Crippen LogP contribution in [0.25, 0.3) is 0 Å². The average Bonchev–Trinajstić information content (AvgIpc) is 2.76. The van der Waals surface area contributed by atoms with Gasteiger partial charge in [0.05, 0.1) is 38.2 Å². The number of benzene rings is 2. The number of carbonyl (C=O) groups excluding carboxylic acids is 2. The molecule has 0 bridgehead atoms. The molecule has 32 heavy (non-hydrogen) atoms. The molecule has 0 aliphatic carbocycles. The number of anilines is 1. The van der Waals surface area contributed by atoms with Gasteiger partial charge in [0.15, 0.2) is 18.1 Å². The van der Waals surface area contributed by atoms with Crippen molar-refractivity contribution in [3.63, 3.8) is 0 Å². The van der Waals surface area contributed by atoms with Crippen molar-refractivity contribution < 1.29 is 33.3 Å². The van der Waals surface area contributed by atoms with Crippen LogP contribution < -0.4 is 24.3 Å². The van der Waals surface area contributed by atoms with Crippen LogP contribution in [0, 0.1) is 6.92 Å². The molecule has 2 aromatic carbocycles. The van der Waals surface area contributed by atoms with Gasteiger partial charge in [-0.05, 0) is 51.5 Å².